The maximum atomic E-state index is 11.2. The fourth-order valence-corrected chi connectivity index (χ4v) is 0.825. The third-order valence-corrected chi connectivity index (χ3v) is 1.41. The quantitative estimate of drug-likeness (QED) is 0.406. The van der Waals surface area contributed by atoms with Crippen LogP contribution >= 0.6 is 0 Å². The van der Waals surface area contributed by atoms with E-state index < -0.39 is 5.97 Å². The van der Waals surface area contributed by atoms with E-state index in [1.54, 1.807) is 20.8 Å². The van der Waals surface area contributed by atoms with E-state index >= 15 is 0 Å². The average Bonchev–Trinajstić information content (AvgIpc) is 2.06. The maximum absolute atomic E-state index is 11.2. The molecule has 4 heteroatoms. The lowest BCUT2D eigenvalue weighted by atomic mass is 10.2. The molecule has 0 amide bonds. The molecule has 0 aromatic carbocycles. The molecule has 1 N–H and O–H groups in total. The number of rotatable bonds is 5. The van der Waals surface area contributed by atoms with Gasteiger partial charge in [0.2, 0.25) is 0 Å². The van der Waals surface area contributed by atoms with Gasteiger partial charge in [0.25, 0.3) is 5.95 Å². The van der Waals surface area contributed by atoms with Crippen LogP contribution in [0.5, 0.6) is 0 Å². The highest BCUT2D eigenvalue weighted by Gasteiger charge is 2.15. The second-order valence-corrected chi connectivity index (χ2v) is 2.29. The molecule has 13 heavy (non-hydrogen) atoms. The van der Waals surface area contributed by atoms with Gasteiger partial charge in [0.15, 0.2) is 0 Å². The van der Waals surface area contributed by atoms with Crippen molar-refractivity contribution in [2.75, 3.05) is 13.2 Å². The molecule has 0 aliphatic heterocycles. The van der Waals surface area contributed by atoms with Crippen LogP contribution in [0.1, 0.15) is 27.2 Å². The summed E-state index contributed by atoms with van der Waals surface area (Å²) < 4.78 is 9.52. The van der Waals surface area contributed by atoms with Crippen molar-refractivity contribution in [3.05, 3.63) is 11.5 Å². The van der Waals surface area contributed by atoms with Crippen molar-refractivity contribution in [2.24, 2.45) is 0 Å². The minimum Gasteiger partial charge on any atom is -0.481 e. The molecule has 76 valence electrons. The van der Waals surface area contributed by atoms with Crippen LogP contribution in [0.15, 0.2) is 11.5 Å². The van der Waals surface area contributed by atoms with E-state index in [1.165, 1.54) is 0 Å². The zero-order valence-electron chi connectivity index (χ0n) is 8.29. The Balaban J connectivity index is 4.46. The minimum absolute atomic E-state index is 0.184. The van der Waals surface area contributed by atoms with E-state index in [9.17, 15) is 9.90 Å². The van der Waals surface area contributed by atoms with E-state index in [0.29, 0.717) is 19.6 Å². The summed E-state index contributed by atoms with van der Waals surface area (Å²) in [6.07, 6.45) is 0.394. The molecule has 0 unspecified atom stereocenters. The first-order valence-corrected chi connectivity index (χ1v) is 4.39. The molecule has 0 atom stereocenters. The van der Waals surface area contributed by atoms with Gasteiger partial charge in [-0.15, -0.1) is 0 Å². The standard InChI is InChI=1S/C9H16O4/c1-4-7(8(10)12-5-2)9(11)13-6-3/h10H,4-6H2,1-3H3/b8-7+. The highest BCUT2D eigenvalue weighted by atomic mass is 16.6. The van der Waals surface area contributed by atoms with Gasteiger partial charge in [-0.25, -0.2) is 4.79 Å². The molecule has 0 saturated heterocycles. The molecule has 0 bridgehead atoms. The van der Waals surface area contributed by atoms with Crippen molar-refractivity contribution in [3.8, 4) is 0 Å². The zero-order valence-corrected chi connectivity index (χ0v) is 8.29. The number of hydrogen-bond donors (Lipinski definition) is 1. The summed E-state index contributed by atoms with van der Waals surface area (Å²) in [5.74, 6) is -0.848. The van der Waals surface area contributed by atoms with Gasteiger partial charge >= 0.3 is 5.97 Å². The van der Waals surface area contributed by atoms with Crippen LogP contribution in [0, 0.1) is 0 Å². The number of esters is 1. The molecule has 4 nitrogen and oxygen atoms in total. The van der Waals surface area contributed by atoms with Gasteiger partial charge in [-0.05, 0) is 20.3 Å². The van der Waals surface area contributed by atoms with Gasteiger partial charge in [0.05, 0.1) is 13.2 Å². The number of carbonyl (C=O) groups is 1. The first-order chi connectivity index (χ1) is 6.17. The Labute approximate surface area is 78.2 Å². The molecule has 0 rings (SSSR count). The van der Waals surface area contributed by atoms with E-state index in [1.807, 2.05) is 0 Å². The lowest BCUT2D eigenvalue weighted by Crippen LogP contribution is -2.11. The molecule has 0 aromatic heterocycles. The molecular formula is C9H16O4. The molecule has 0 aliphatic carbocycles. The molecule has 0 spiro atoms. The van der Waals surface area contributed by atoms with Crippen LogP contribution in [0.3, 0.4) is 0 Å². The smallest absolute Gasteiger partial charge is 0.341 e. The highest BCUT2D eigenvalue weighted by Crippen LogP contribution is 2.09. The van der Waals surface area contributed by atoms with Gasteiger partial charge in [-0.1, -0.05) is 6.92 Å². The number of ether oxygens (including phenoxy) is 2. The predicted molar refractivity (Wildman–Crippen MR) is 48.2 cm³/mol. The molecule has 0 aliphatic rings. The summed E-state index contributed by atoms with van der Waals surface area (Å²) in [6.45, 7) is 5.82. The zero-order chi connectivity index (χ0) is 10.3. The second kappa shape index (κ2) is 6.34. The van der Waals surface area contributed by atoms with Gasteiger partial charge in [0.1, 0.15) is 5.57 Å². The molecular weight excluding hydrogens is 172 g/mol. The van der Waals surface area contributed by atoms with E-state index in [0.717, 1.165) is 0 Å². The van der Waals surface area contributed by atoms with Crippen LogP contribution in [0.25, 0.3) is 0 Å². The molecule has 0 aromatic rings. The van der Waals surface area contributed by atoms with Gasteiger partial charge in [0, 0.05) is 0 Å². The van der Waals surface area contributed by atoms with Gasteiger partial charge in [-0.2, -0.15) is 0 Å². The summed E-state index contributed by atoms with van der Waals surface area (Å²) in [4.78, 5) is 11.2. The predicted octanol–water partition coefficient (Wildman–Crippen LogP) is 1.77. The van der Waals surface area contributed by atoms with Crippen molar-refractivity contribution in [1.29, 1.82) is 0 Å². The van der Waals surface area contributed by atoms with Crippen LogP contribution in [-0.4, -0.2) is 24.3 Å². The summed E-state index contributed by atoms with van der Waals surface area (Å²) in [6, 6.07) is 0. The number of carbonyl (C=O) groups excluding carboxylic acids is 1. The Bertz CT molecular complexity index is 196. The fraction of sp³-hybridized carbons (Fsp3) is 0.667. The summed E-state index contributed by atoms with van der Waals surface area (Å²) in [5.41, 5.74) is 0.184. The lowest BCUT2D eigenvalue weighted by Gasteiger charge is -2.07. The van der Waals surface area contributed by atoms with Crippen molar-refractivity contribution in [1.82, 2.24) is 0 Å². The van der Waals surface area contributed by atoms with Crippen molar-refractivity contribution >= 4 is 5.97 Å². The lowest BCUT2D eigenvalue weighted by molar-refractivity contribution is -0.139. The molecule has 0 radical (unpaired) electrons. The first kappa shape index (κ1) is 11.8. The number of aliphatic hydroxyl groups excluding tert-OH is 1. The van der Waals surface area contributed by atoms with Gasteiger partial charge < -0.3 is 14.6 Å². The van der Waals surface area contributed by atoms with Gasteiger partial charge in [-0.3, -0.25) is 0 Å². The SMILES string of the molecule is CCOC(=O)/C(CC)=C(\O)OCC. The summed E-state index contributed by atoms with van der Waals surface area (Å²) in [7, 11) is 0. The Morgan fingerprint density at radius 2 is 1.69 bits per heavy atom. The van der Waals surface area contributed by atoms with E-state index in [-0.39, 0.29) is 11.5 Å². The fourth-order valence-electron chi connectivity index (χ4n) is 0.825. The number of hydrogen-bond acceptors (Lipinski definition) is 4. The van der Waals surface area contributed by atoms with Crippen LogP contribution in [0.2, 0.25) is 0 Å². The van der Waals surface area contributed by atoms with Crippen molar-refractivity contribution < 1.29 is 19.4 Å². The third-order valence-electron chi connectivity index (χ3n) is 1.41. The molecule has 0 heterocycles. The Morgan fingerprint density at radius 1 is 1.15 bits per heavy atom. The number of aliphatic hydroxyl groups is 1. The molecule has 0 saturated carbocycles. The van der Waals surface area contributed by atoms with E-state index in [4.69, 9.17) is 9.47 Å². The Hall–Kier alpha value is -1.19. The van der Waals surface area contributed by atoms with Crippen LogP contribution < -0.4 is 0 Å². The topological polar surface area (TPSA) is 55.8 Å². The Morgan fingerprint density at radius 3 is 2.08 bits per heavy atom. The van der Waals surface area contributed by atoms with E-state index in [2.05, 4.69) is 0 Å². The monoisotopic (exact) mass is 188 g/mol. The van der Waals surface area contributed by atoms with Crippen molar-refractivity contribution in [2.45, 2.75) is 27.2 Å². The highest BCUT2D eigenvalue weighted by molar-refractivity contribution is 5.88. The first-order valence-electron chi connectivity index (χ1n) is 4.39. The van der Waals surface area contributed by atoms with Crippen molar-refractivity contribution in [3.63, 3.8) is 0 Å². The average molecular weight is 188 g/mol. The third kappa shape index (κ3) is 3.83. The normalized spacial score (nSPS) is 11.9. The second-order valence-electron chi connectivity index (χ2n) is 2.29. The summed E-state index contributed by atoms with van der Waals surface area (Å²) >= 11 is 0. The largest absolute Gasteiger partial charge is 0.481 e. The Kier molecular flexibility index (Phi) is 5.76. The van der Waals surface area contributed by atoms with Crippen LogP contribution in [0.4, 0.5) is 0 Å². The minimum atomic E-state index is -0.518. The molecule has 0 fully saturated rings. The van der Waals surface area contributed by atoms with Crippen LogP contribution in [-0.2, 0) is 14.3 Å². The maximum Gasteiger partial charge on any atom is 0.341 e. The summed E-state index contributed by atoms with van der Waals surface area (Å²) in [5, 5.41) is 9.26.